The van der Waals surface area contributed by atoms with Crippen LogP contribution in [0.4, 0.5) is 0 Å². The lowest BCUT2D eigenvalue weighted by Crippen LogP contribution is -2.56. The predicted molar refractivity (Wildman–Crippen MR) is 154 cm³/mol. The van der Waals surface area contributed by atoms with E-state index in [0.717, 1.165) is 19.5 Å². The van der Waals surface area contributed by atoms with Crippen molar-refractivity contribution >= 4 is 35.2 Å². The topological polar surface area (TPSA) is 111 Å². The number of nitrogens with zero attached hydrogens (tertiary/aromatic N) is 3. The fraction of sp³-hybridized carbons (Fsp3) is 0.655. The van der Waals surface area contributed by atoms with Gasteiger partial charge in [0.1, 0.15) is 17.8 Å². The van der Waals surface area contributed by atoms with Crippen molar-refractivity contribution in [1.29, 1.82) is 0 Å². The summed E-state index contributed by atoms with van der Waals surface area (Å²) in [5.41, 5.74) is -0.264. The second-order valence-electron chi connectivity index (χ2n) is 12.2. The van der Waals surface area contributed by atoms with Crippen LogP contribution in [-0.4, -0.2) is 102 Å². The number of piperazine rings is 1. The zero-order chi connectivity index (χ0) is 29.6. The van der Waals surface area contributed by atoms with Gasteiger partial charge in [0.15, 0.2) is 6.61 Å². The Morgan fingerprint density at radius 3 is 2.38 bits per heavy atom. The van der Waals surface area contributed by atoms with E-state index in [1.54, 1.807) is 11.0 Å². The van der Waals surface area contributed by atoms with Gasteiger partial charge < -0.3 is 30.1 Å². The van der Waals surface area contributed by atoms with E-state index in [1.807, 2.05) is 46.6 Å². The third kappa shape index (κ3) is 8.83. The number of ether oxygens (including phenoxy) is 1. The second-order valence-corrected chi connectivity index (χ2v) is 12.6. The van der Waals surface area contributed by atoms with Gasteiger partial charge in [-0.2, -0.15) is 0 Å². The minimum atomic E-state index is -0.818. The fourth-order valence-corrected chi connectivity index (χ4v) is 5.22. The second kappa shape index (κ2) is 13.7. The molecule has 11 heteroatoms. The summed E-state index contributed by atoms with van der Waals surface area (Å²) < 4.78 is 5.69. The molecule has 2 heterocycles. The van der Waals surface area contributed by atoms with Crippen LogP contribution in [0.5, 0.6) is 5.75 Å². The molecule has 0 aromatic heterocycles. The van der Waals surface area contributed by atoms with Gasteiger partial charge in [-0.1, -0.05) is 25.4 Å². The van der Waals surface area contributed by atoms with E-state index in [0.29, 0.717) is 37.5 Å². The Hall–Kier alpha value is -2.85. The Kier molecular flexibility index (Phi) is 10.8. The number of rotatable bonds is 9. The Morgan fingerprint density at radius 2 is 1.75 bits per heavy atom. The molecule has 2 aliphatic rings. The normalized spacial score (nSPS) is 18.9. The van der Waals surface area contributed by atoms with E-state index in [1.165, 1.54) is 12.1 Å². The average molecular weight is 578 g/mol. The van der Waals surface area contributed by atoms with Gasteiger partial charge in [0, 0.05) is 43.3 Å². The van der Waals surface area contributed by atoms with Crippen LogP contribution in [0.2, 0.25) is 5.02 Å². The monoisotopic (exact) mass is 577 g/mol. The summed E-state index contributed by atoms with van der Waals surface area (Å²) in [7, 11) is 2.03. The van der Waals surface area contributed by atoms with E-state index in [2.05, 4.69) is 15.5 Å². The van der Waals surface area contributed by atoms with Crippen LogP contribution in [0.1, 0.15) is 64.2 Å². The Labute approximate surface area is 242 Å². The highest BCUT2D eigenvalue weighted by molar-refractivity contribution is 6.30. The minimum absolute atomic E-state index is 0.0181. The first-order chi connectivity index (χ1) is 18.7. The quantitative estimate of drug-likeness (QED) is 0.467. The van der Waals surface area contributed by atoms with Gasteiger partial charge in [-0.15, -0.1) is 0 Å². The number of hydrogen-bond acceptors (Lipinski definition) is 6. The summed E-state index contributed by atoms with van der Waals surface area (Å²) in [4.78, 5) is 58.6. The van der Waals surface area contributed by atoms with Gasteiger partial charge in [-0.05, 0) is 71.2 Å². The molecule has 4 amide bonds. The molecule has 0 radical (unpaired) electrons. The number of likely N-dealkylation sites (tertiary alicyclic amines) is 1. The maximum atomic E-state index is 13.8. The molecule has 0 bridgehead atoms. The molecule has 10 nitrogen and oxygen atoms in total. The molecule has 2 saturated heterocycles. The van der Waals surface area contributed by atoms with E-state index >= 15 is 0 Å². The molecule has 3 rings (SSSR count). The highest BCUT2D eigenvalue weighted by Gasteiger charge is 2.40. The van der Waals surface area contributed by atoms with Crippen molar-refractivity contribution in [3.05, 3.63) is 28.8 Å². The maximum absolute atomic E-state index is 13.8. The van der Waals surface area contributed by atoms with Crippen LogP contribution < -0.4 is 15.4 Å². The van der Waals surface area contributed by atoms with Crippen LogP contribution in [0, 0.1) is 5.92 Å². The highest BCUT2D eigenvalue weighted by atomic mass is 35.5. The third-order valence-corrected chi connectivity index (χ3v) is 7.24. The van der Waals surface area contributed by atoms with Crippen LogP contribution in [-0.2, 0) is 14.4 Å². The fourth-order valence-electron chi connectivity index (χ4n) is 5.05. The number of carbonyl (C=O) groups is 4. The molecule has 2 aliphatic heterocycles. The van der Waals surface area contributed by atoms with Gasteiger partial charge in [0.25, 0.3) is 11.8 Å². The summed E-state index contributed by atoms with van der Waals surface area (Å²) in [5.74, 6) is -0.858. The van der Waals surface area contributed by atoms with Gasteiger partial charge >= 0.3 is 0 Å². The van der Waals surface area contributed by atoms with E-state index in [9.17, 15) is 19.2 Å². The van der Waals surface area contributed by atoms with Gasteiger partial charge in [-0.25, -0.2) is 0 Å². The zero-order valence-electron chi connectivity index (χ0n) is 24.6. The molecule has 0 unspecified atom stereocenters. The average Bonchev–Trinajstić information content (AvgIpc) is 3.35. The third-order valence-electron chi connectivity index (χ3n) is 7.01. The molecule has 0 saturated carbocycles. The highest BCUT2D eigenvalue weighted by Crippen LogP contribution is 2.26. The van der Waals surface area contributed by atoms with Gasteiger partial charge in [-0.3, -0.25) is 19.2 Å². The predicted octanol–water partition coefficient (Wildman–Crippen LogP) is 2.54. The molecule has 1 aromatic carbocycles. The van der Waals surface area contributed by atoms with Gasteiger partial charge in [0.05, 0.1) is 5.56 Å². The SMILES string of the molecule is CC(C)C[C@@H](NC(=O)c1ccc(Cl)cc1OCC(=O)NC(C)(C)C)C(=O)N1CCC[C@@H]1C(=O)N1CCN(C)CC1. The molecular weight excluding hydrogens is 534 g/mol. The lowest BCUT2D eigenvalue weighted by atomic mass is 10.0. The Bertz CT molecular complexity index is 1080. The molecule has 2 fully saturated rings. The molecule has 40 heavy (non-hydrogen) atoms. The summed E-state index contributed by atoms with van der Waals surface area (Å²) in [6.45, 7) is 12.6. The van der Waals surface area contributed by atoms with Crippen LogP contribution >= 0.6 is 11.6 Å². The van der Waals surface area contributed by atoms with E-state index in [4.69, 9.17) is 16.3 Å². The smallest absolute Gasteiger partial charge is 0.258 e. The van der Waals surface area contributed by atoms with Crippen LogP contribution in [0.15, 0.2) is 18.2 Å². The summed E-state index contributed by atoms with van der Waals surface area (Å²) in [6, 6.07) is 3.22. The van der Waals surface area contributed by atoms with Crippen LogP contribution in [0.25, 0.3) is 0 Å². The molecule has 1 aromatic rings. The largest absolute Gasteiger partial charge is 0.483 e. The minimum Gasteiger partial charge on any atom is -0.483 e. The van der Waals surface area contributed by atoms with E-state index < -0.39 is 23.5 Å². The number of amides is 4. The van der Waals surface area contributed by atoms with Gasteiger partial charge in [0.2, 0.25) is 11.8 Å². The Morgan fingerprint density at radius 1 is 1.07 bits per heavy atom. The lowest BCUT2D eigenvalue weighted by molar-refractivity contribution is -0.145. The standard InChI is InChI=1S/C29H44ClN5O5/c1-19(2)16-22(27(38)35-11-7-8-23(35)28(39)34-14-12-33(6)13-15-34)31-26(37)21-10-9-20(30)17-24(21)40-18-25(36)32-29(3,4)5/h9-10,17,19,22-23H,7-8,11-16,18H2,1-6H3,(H,31,37)(H,32,36)/t22-,23-/m1/s1. The van der Waals surface area contributed by atoms with Crippen molar-refractivity contribution in [3.8, 4) is 5.75 Å². The zero-order valence-corrected chi connectivity index (χ0v) is 25.3. The molecule has 0 spiro atoms. The summed E-state index contributed by atoms with van der Waals surface area (Å²) >= 11 is 6.16. The number of hydrogen-bond donors (Lipinski definition) is 2. The maximum Gasteiger partial charge on any atom is 0.258 e. The first kappa shape index (κ1) is 31.7. The number of likely N-dealkylation sites (N-methyl/N-ethyl adjacent to an activating group) is 1. The van der Waals surface area contributed by atoms with Crippen molar-refractivity contribution in [3.63, 3.8) is 0 Å². The van der Waals surface area contributed by atoms with Crippen molar-refractivity contribution in [2.75, 3.05) is 46.4 Å². The van der Waals surface area contributed by atoms with Crippen molar-refractivity contribution in [2.24, 2.45) is 5.92 Å². The molecule has 222 valence electrons. The number of nitrogens with one attached hydrogen (secondary N) is 2. The van der Waals surface area contributed by atoms with Crippen molar-refractivity contribution in [2.45, 2.75) is 71.5 Å². The summed E-state index contributed by atoms with van der Waals surface area (Å²) in [6.07, 6.45) is 1.77. The van der Waals surface area contributed by atoms with Crippen molar-refractivity contribution in [1.82, 2.24) is 25.3 Å². The lowest BCUT2D eigenvalue weighted by Gasteiger charge is -2.36. The number of carbonyl (C=O) groups excluding carboxylic acids is 4. The molecule has 2 atom stereocenters. The molecular formula is C29H44ClN5O5. The first-order valence-electron chi connectivity index (χ1n) is 14.1. The number of benzene rings is 1. The first-order valence-corrected chi connectivity index (χ1v) is 14.4. The van der Waals surface area contributed by atoms with Crippen molar-refractivity contribution < 1.29 is 23.9 Å². The van der Waals surface area contributed by atoms with E-state index in [-0.39, 0.29) is 41.6 Å². The Balaban J connectivity index is 1.74. The molecule has 2 N–H and O–H groups in total. The summed E-state index contributed by atoms with van der Waals surface area (Å²) in [5, 5.41) is 6.04. The van der Waals surface area contributed by atoms with Crippen LogP contribution in [0.3, 0.4) is 0 Å². The number of halogens is 1. The molecule has 0 aliphatic carbocycles.